The molecule has 0 amide bonds. The molecule has 1 aliphatic heterocycles. The fraction of sp³-hybridized carbons (Fsp3) is 0.647. The van der Waals surface area contributed by atoms with E-state index in [2.05, 4.69) is 39.3 Å². The molecule has 1 atom stereocenters. The second kappa shape index (κ2) is 11.3. The normalized spacial score (nSPS) is 18.5. The van der Waals surface area contributed by atoms with E-state index in [1.807, 2.05) is 19.1 Å². The summed E-state index contributed by atoms with van der Waals surface area (Å²) in [7, 11) is 2.05. The van der Waals surface area contributed by atoms with Crippen LogP contribution < -0.4 is 10.1 Å². The molecule has 1 saturated heterocycles. The molecule has 132 valence electrons. The first-order valence-electron chi connectivity index (χ1n) is 8.11. The number of likely N-dealkylation sites (N-methyl/N-ethyl adjacent to an activating group) is 1. The lowest BCUT2D eigenvalue weighted by atomic mass is 10.0. The van der Waals surface area contributed by atoms with Gasteiger partial charge in [0, 0.05) is 35.8 Å². The zero-order valence-corrected chi connectivity index (χ0v) is 16.4. The lowest BCUT2D eigenvalue weighted by molar-refractivity contribution is 0.109. The molecule has 0 saturated carbocycles. The van der Waals surface area contributed by atoms with E-state index in [1.54, 1.807) is 0 Å². The fourth-order valence-electron chi connectivity index (χ4n) is 2.84. The molecule has 1 aromatic carbocycles. The summed E-state index contributed by atoms with van der Waals surface area (Å²) in [5.74, 6) is 0.967. The van der Waals surface area contributed by atoms with Crippen LogP contribution in [-0.2, 0) is 11.3 Å². The van der Waals surface area contributed by atoms with E-state index in [1.165, 1.54) is 18.4 Å². The van der Waals surface area contributed by atoms with E-state index in [0.717, 1.165) is 36.5 Å². The Hall–Kier alpha value is -0.330. The average molecular weight is 408 g/mol. The first-order chi connectivity index (χ1) is 10.7. The molecule has 1 heterocycles. The topological polar surface area (TPSA) is 33.7 Å². The number of halogens is 2. The first-order valence-corrected chi connectivity index (χ1v) is 8.90. The van der Waals surface area contributed by atoms with Gasteiger partial charge in [0.25, 0.3) is 0 Å². The van der Waals surface area contributed by atoms with Gasteiger partial charge in [0.05, 0.1) is 6.61 Å². The van der Waals surface area contributed by atoms with Crippen molar-refractivity contribution in [1.29, 1.82) is 0 Å². The van der Waals surface area contributed by atoms with Crippen molar-refractivity contribution in [3.63, 3.8) is 0 Å². The molecule has 6 heteroatoms. The van der Waals surface area contributed by atoms with Gasteiger partial charge in [-0.1, -0.05) is 15.9 Å². The number of nitrogens with one attached hydrogen (secondary N) is 1. The number of likely N-dealkylation sites (tertiary alicyclic amines) is 1. The molecule has 0 aromatic heterocycles. The van der Waals surface area contributed by atoms with Crippen molar-refractivity contribution in [2.24, 2.45) is 0 Å². The summed E-state index contributed by atoms with van der Waals surface area (Å²) in [5.41, 5.74) is 1.24. The van der Waals surface area contributed by atoms with Crippen molar-refractivity contribution in [2.75, 3.05) is 40.0 Å². The lowest BCUT2D eigenvalue weighted by Gasteiger charge is -2.32. The van der Waals surface area contributed by atoms with Gasteiger partial charge in [-0.2, -0.15) is 0 Å². The second-order valence-corrected chi connectivity index (χ2v) is 6.58. The molecule has 0 spiro atoms. The Morgan fingerprint density at radius 3 is 2.91 bits per heavy atom. The zero-order valence-electron chi connectivity index (χ0n) is 14.0. The fourth-order valence-corrected chi connectivity index (χ4v) is 3.25. The molecule has 4 nitrogen and oxygen atoms in total. The third-order valence-electron chi connectivity index (χ3n) is 4.02. The summed E-state index contributed by atoms with van der Waals surface area (Å²) in [4.78, 5) is 2.50. The number of rotatable bonds is 8. The Balaban J connectivity index is 0.00000264. The predicted octanol–water partition coefficient (Wildman–Crippen LogP) is 3.47. The maximum absolute atomic E-state index is 5.90. The Labute approximate surface area is 154 Å². The summed E-state index contributed by atoms with van der Waals surface area (Å²) in [6.07, 6.45) is 2.52. The number of piperidine rings is 1. The van der Waals surface area contributed by atoms with Gasteiger partial charge in [-0.25, -0.2) is 0 Å². The minimum absolute atomic E-state index is 0. The lowest BCUT2D eigenvalue weighted by Crippen LogP contribution is -2.43. The molecular formula is C17H28BrClN2O2. The van der Waals surface area contributed by atoms with Crippen LogP contribution in [0.5, 0.6) is 5.75 Å². The molecule has 0 aliphatic carbocycles. The van der Waals surface area contributed by atoms with Gasteiger partial charge in [0.15, 0.2) is 0 Å². The van der Waals surface area contributed by atoms with E-state index in [-0.39, 0.29) is 12.4 Å². The van der Waals surface area contributed by atoms with Crippen molar-refractivity contribution in [3.8, 4) is 5.75 Å². The van der Waals surface area contributed by atoms with Crippen LogP contribution in [0.15, 0.2) is 22.7 Å². The highest BCUT2D eigenvalue weighted by atomic mass is 79.9. The van der Waals surface area contributed by atoms with E-state index in [4.69, 9.17) is 9.47 Å². The third-order valence-corrected chi connectivity index (χ3v) is 4.51. The number of hydrogen-bond acceptors (Lipinski definition) is 4. The summed E-state index contributed by atoms with van der Waals surface area (Å²) < 4.78 is 12.3. The molecular weight excluding hydrogens is 380 g/mol. The maximum Gasteiger partial charge on any atom is 0.123 e. The molecule has 1 unspecified atom stereocenters. The predicted molar refractivity (Wildman–Crippen MR) is 101 cm³/mol. The smallest absolute Gasteiger partial charge is 0.123 e. The molecule has 2 rings (SSSR count). The van der Waals surface area contributed by atoms with Crippen molar-refractivity contribution in [1.82, 2.24) is 10.2 Å². The van der Waals surface area contributed by atoms with Gasteiger partial charge < -0.3 is 14.8 Å². The number of nitrogens with zero attached hydrogens (tertiary/aromatic N) is 1. The van der Waals surface area contributed by atoms with Gasteiger partial charge in [-0.05, 0) is 51.6 Å². The van der Waals surface area contributed by atoms with Crippen LogP contribution in [0, 0.1) is 0 Å². The summed E-state index contributed by atoms with van der Waals surface area (Å²) >= 11 is 3.57. The van der Waals surface area contributed by atoms with Crippen LogP contribution in [0.3, 0.4) is 0 Å². The van der Waals surface area contributed by atoms with E-state index in [0.29, 0.717) is 19.3 Å². The Morgan fingerprint density at radius 2 is 2.17 bits per heavy atom. The van der Waals surface area contributed by atoms with Gasteiger partial charge in [-0.3, -0.25) is 4.90 Å². The van der Waals surface area contributed by atoms with Crippen molar-refractivity contribution < 1.29 is 9.47 Å². The number of benzene rings is 1. The summed E-state index contributed by atoms with van der Waals surface area (Å²) in [6, 6.07) is 6.85. The van der Waals surface area contributed by atoms with Gasteiger partial charge >= 0.3 is 0 Å². The highest BCUT2D eigenvalue weighted by Gasteiger charge is 2.19. The molecule has 1 N–H and O–H groups in total. The van der Waals surface area contributed by atoms with Gasteiger partial charge in [-0.15, -0.1) is 12.4 Å². The number of ether oxygens (including phenoxy) is 2. The molecule has 0 radical (unpaired) electrons. The largest absolute Gasteiger partial charge is 0.491 e. The molecule has 1 aliphatic rings. The summed E-state index contributed by atoms with van der Waals surface area (Å²) in [5, 5.41) is 3.40. The average Bonchev–Trinajstić information content (AvgIpc) is 2.53. The first kappa shape index (κ1) is 20.7. The van der Waals surface area contributed by atoms with Crippen molar-refractivity contribution >= 4 is 28.3 Å². The minimum Gasteiger partial charge on any atom is -0.491 e. The van der Waals surface area contributed by atoms with Crippen LogP contribution in [-0.4, -0.2) is 50.9 Å². The zero-order chi connectivity index (χ0) is 15.8. The molecule has 23 heavy (non-hydrogen) atoms. The van der Waals surface area contributed by atoms with Crippen LogP contribution >= 0.6 is 28.3 Å². The van der Waals surface area contributed by atoms with Crippen LogP contribution in [0.1, 0.15) is 25.3 Å². The van der Waals surface area contributed by atoms with Crippen LogP contribution in [0.2, 0.25) is 0 Å². The standard InChI is InChI=1S/C17H27BrN2O2.ClH/c1-3-21-9-10-22-17-7-6-15(18)11-14(17)12-20-8-4-5-16(13-20)19-2;/h6-7,11,16,19H,3-5,8-10,12-13H2,1-2H3;1H. The van der Waals surface area contributed by atoms with E-state index >= 15 is 0 Å². The third kappa shape index (κ3) is 6.98. The second-order valence-electron chi connectivity index (χ2n) is 5.66. The van der Waals surface area contributed by atoms with Gasteiger partial charge in [0.2, 0.25) is 0 Å². The Bertz CT molecular complexity index is 462. The number of hydrogen-bond donors (Lipinski definition) is 1. The Morgan fingerprint density at radius 1 is 1.35 bits per heavy atom. The highest BCUT2D eigenvalue weighted by Crippen LogP contribution is 2.26. The van der Waals surface area contributed by atoms with E-state index in [9.17, 15) is 0 Å². The van der Waals surface area contributed by atoms with Gasteiger partial charge in [0.1, 0.15) is 12.4 Å². The van der Waals surface area contributed by atoms with Crippen molar-refractivity contribution in [3.05, 3.63) is 28.2 Å². The molecule has 1 aromatic rings. The minimum atomic E-state index is 0. The van der Waals surface area contributed by atoms with Crippen LogP contribution in [0.25, 0.3) is 0 Å². The van der Waals surface area contributed by atoms with E-state index < -0.39 is 0 Å². The monoisotopic (exact) mass is 406 g/mol. The van der Waals surface area contributed by atoms with Crippen LogP contribution in [0.4, 0.5) is 0 Å². The van der Waals surface area contributed by atoms with Crippen molar-refractivity contribution in [2.45, 2.75) is 32.4 Å². The SMILES string of the molecule is CCOCCOc1ccc(Br)cc1CN1CCCC(NC)C1.Cl. The molecule has 0 bridgehead atoms. The quantitative estimate of drug-likeness (QED) is 0.669. The summed E-state index contributed by atoms with van der Waals surface area (Å²) in [6.45, 7) is 7.15. The maximum atomic E-state index is 5.90. The highest BCUT2D eigenvalue weighted by molar-refractivity contribution is 9.10. The molecule has 1 fully saturated rings. The Kier molecular flexibility index (Phi) is 10.1.